The van der Waals surface area contributed by atoms with E-state index in [1.54, 1.807) is 113 Å². The summed E-state index contributed by atoms with van der Waals surface area (Å²) in [5, 5.41) is 0. The van der Waals surface area contributed by atoms with Gasteiger partial charge in [-0.05, 0) is 106 Å². The molecule has 0 N–H and O–H groups in total. The summed E-state index contributed by atoms with van der Waals surface area (Å²) in [6, 6.07) is 27.0. The second kappa shape index (κ2) is 25.0. The van der Waals surface area contributed by atoms with Crippen LogP contribution in [-0.2, 0) is 84.5 Å². The van der Waals surface area contributed by atoms with Crippen LogP contribution in [0.25, 0.3) is 0 Å². The van der Waals surface area contributed by atoms with Crippen LogP contribution in [0.4, 0.5) is 0 Å². The highest BCUT2D eigenvalue weighted by Gasteiger charge is 2.58. The highest BCUT2D eigenvalue weighted by atomic mass is 16.8. The molecule has 0 aromatic heterocycles. The molecule has 2 fully saturated rings. The van der Waals surface area contributed by atoms with Gasteiger partial charge in [-0.15, -0.1) is 6.58 Å². The predicted molar refractivity (Wildman–Crippen MR) is 264 cm³/mol. The lowest BCUT2D eigenvalue weighted by molar-refractivity contribution is -0.365. The number of carbonyl (C=O) groups is 5. The molecule has 2 aliphatic heterocycles. The molecule has 0 aliphatic carbocycles. The molecule has 3 aromatic carbocycles. The first-order chi connectivity index (χ1) is 33.8. The molecule has 72 heavy (non-hydrogen) atoms. The second-order valence-corrected chi connectivity index (χ2v) is 22.0. The minimum absolute atomic E-state index is 0.0282. The fourth-order valence-electron chi connectivity index (χ4n) is 7.14. The standard InChI is InChI=1S/C56H74O16/c1-14-30-63-47-44(68-46(57)37-28-22-17-23-29-37)42(64-32-36-26-20-16-21-27-36)40(38(66-47)33-62-31-35-24-18-15-19-25-35)69-48-45(72-52(61)56(11,12)13)43(71-51(60)55(8,9)10)41(70-50(59)54(5,6)7)39(67-48)34-65-49(58)53(2,3)4/h14-29,38-45,47-48H,1,30-34H2,2-13H3/t38-,39-,40+,41+,42+,43+,44-,45-,47-,48+/m1/s1. The summed E-state index contributed by atoms with van der Waals surface area (Å²) in [7, 11) is 0. The van der Waals surface area contributed by atoms with Crippen molar-refractivity contribution in [3.63, 3.8) is 0 Å². The highest BCUT2D eigenvalue weighted by Crippen LogP contribution is 2.38. The molecular weight excluding hydrogens is 929 g/mol. The zero-order chi connectivity index (χ0) is 53.0. The van der Waals surface area contributed by atoms with E-state index < -0.39 is 120 Å². The fraction of sp³-hybridized carbons (Fsp3) is 0.554. The maximum Gasteiger partial charge on any atom is 0.338 e. The molecule has 2 heterocycles. The molecule has 3 aromatic rings. The van der Waals surface area contributed by atoms with Gasteiger partial charge in [-0.3, -0.25) is 19.2 Å². The number of benzene rings is 3. The van der Waals surface area contributed by atoms with Gasteiger partial charge in [0.2, 0.25) is 0 Å². The third-order valence-corrected chi connectivity index (χ3v) is 11.3. The number of hydrogen-bond acceptors (Lipinski definition) is 16. The van der Waals surface area contributed by atoms with Crippen LogP contribution < -0.4 is 0 Å². The maximum atomic E-state index is 14.2. The Morgan fingerprint density at radius 2 is 0.931 bits per heavy atom. The molecule has 394 valence electrons. The summed E-state index contributed by atoms with van der Waals surface area (Å²) in [6.45, 7) is 22.9. The van der Waals surface area contributed by atoms with Gasteiger partial charge in [0.05, 0.1) is 53.7 Å². The average molecular weight is 1000 g/mol. The van der Waals surface area contributed by atoms with Crippen LogP contribution in [0, 0.1) is 21.7 Å². The van der Waals surface area contributed by atoms with Crippen LogP contribution in [0.15, 0.2) is 104 Å². The van der Waals surface area contributed by atoms with E-state index in [0.29, 0.717) is 0 Å². The minimum Gasteiger partial charge on any atom is -0.462 e. The molecule has 0 bridgehead atoms. The first-order valence-corrected chi connectivity index (χ1v) is 24.3. The molecular formula is C56H74O16. The number of hydrogen-bond donors (Lipinski definition) is 0. The Labute approximate surface area is 424 Å². The van der Waals surface area contributed by atoms with Crippen molar-refractivity contribution in [1.29, 1.82) is 0 Å². The molecule has 0 radical (unpaired) electrons. The number of carbonyl (C=O) groups excluding carboxylic acids is 5. The summed E-state index contributed by atoms with van der Waals surface area (Å²) in [4.78, 5) is 69.8. The number of rotatable bonds is 19. The maximum absolute atomic E-state index is 14.2. The molecule has 2 saturated heterocycles. The topological polar surface area (TPSA) is 187 Å². The van der Waals surface area contributed by atoms with Crippen molar-refractivity contribution in [3.8, 4) is 0 Å². The van der Waals surface area contributed by atoms with Crippen molar-refractivity contribution in [2.45, 2.75) is 158 Å². The molecule has 16 heteroatoms. The number of ether oxygens (including phenoxy) is 11. The SMILES string of the molecule is C=CCO[C@@H]1O[C@H](COCc2ccccc2)[C@H](O[C@@H]2O[C@H](COC(=O)C(C)(C)C)[C@H](OC(=O)C(C)(C)C)[C@H](OC(=O)C(C)(C)C)[C@H]2OC(=O)C(C)(C)C)[C@H](OCc2ccccc2)[C@H]1OC(=O)c1ccccc1. The molecule has 0 saturated carbocycles. The molecule has 16 nitrogen and oxygen atoms in total. The Morgan fingerprint density at radius 1 is 0.486 bits per heavy atom. The molecule has 0 spiro atoms. The first-order valence-electron chi connectivity index (χ1n) is 24.3. The van der Waals surface area contributed by atoms with Gasteiger partial charge in [0.1, 0.15) is 31.0 Å². The summed E-state index contributed by atoms with van der Waals surface area (Å²) in [6.07, 6.45) is -12.9. The van der Waals surface area contributed by atoms with Crippen LogP contribution in [0.1, 0.15) is 105 Å². The van der Waals surface area contributed by atoms with Crippen LogP contribution in [0.5, 0.6) is 0 Å². The highest BCUT2D eigenvalue weighted by molar-refractivity contribution is 5.89. The van der Waals surface area contributed by atoms with E-state index in [2.05, 4.69) is 6.58 Å². The van der Waals surface area contributed by atoms with Gasteiger partial charge in [0.15, 0.2) is 37.0 Å². The van der Waals surface area contributed by atoms with Gasteiger partial charge in [0, 0.05) is 0 Å². The molecule has 10 atom stereocenters. The Morgan fingerprint density at radius 3 is 1.44 bits per heavy atom. The van der Waals surface area contributed by atoms with Gasteiger partial charge in [-0.2, -0.15) is 0 Å². The fourth-order valence-corrected chi connectivity index (χ4v) is 7.14. The van der Waals surface area contributed by atoms with Gasteiger partial charge >= 0.3 is 29.8 Å². The smallest absolute Gasteiger partial charge is 0.338 e. The van der Waals surface area contributed by atoms with Gasteiger partial charge in [-0.1, -0.05) is 84.9 Å². The van der Waals surface area contributed by atoms with E-state index in [0.717, 1.165) is 11.1 Å². The first kappa shape index (κ1) is 57.4. The lowest BCUT2D eigenvalue weighted by Gasteiger charge is -2.49. The van der Waals surface area contributed by atoms with Crippen molar-refractivity contribution in [2.24, 2.45) is 21.7 Å². The van der Waals surface area contributed by atoms with E-state index in [1.165, 1.54) is 6.08 Å². The lowest BCUT2D eigenvalue weighted by atomic mass is 9.92. The Balaban J connectivity index is 1.73. The summed E-state index contributed by atoms with van der Waals surface area (Å²) in [5.41, 5.74) is -2.52. The second-order valence-electron chi connectivity index (χ2n) is 22.0. The molecule has 2 aliphatic rings. The number of esters is 5. The van der Waals surface area contributed by atoms with Gasteiger partial charge in [-0.25, -0.2) is 4.79 Å². The quantitative estimate of drug-likeness (QED) is 0.0631. The normalized spacial score (nSPS) is 24.8. The van der Waals surface area contributed by atoms with E-state index in [4.69, 9.17) is 52.1 Å². The van der Waals surface area contributed by atoms with Crippen molar-refractivity contribution < 1.29 is 76.1 Å². The van der Waals surface area contributed by atoms with Crippen molar-refractivity contribution >= 4 is 29.8 Å². The van der Waals surface area contributed by atoms with Crippen molar-refractivity contribution in [2.75, 3.05) is 19.8 Å². The van der Waals surface area contributed by atoms with Crippen molar-refractivity contribution in [1.82, 2.24) is 0 Å². The van der Waals surface area contributed by atoms with Gasteiger partial charge < -0.3 is 52.1 Å². The Bertz CT molecular complexity index is 2240. The van der Waals surface area contributed by atoms with E-state index in [9.17, 15) is 24.0 Å². The average Bonchev–Trinajstić information content (AvgIpc) is 3.31. The molecule has 0 amide bonds. The lowest BCUT2D eigenvalue weighted by Crippen LogP contribution is -2.67. The zero-order valence-electron chi connectivity index (χ0n) is 43.8. The largest absolute Gasteiger partial charge is 0.462 e. The third kappa shape index (κ3) is 16.3. The van der Waals surface area contributed by atoms with Crippen LogP contribution in [0.2, 0.25) is 0 Å². The summed E-state index contributed by atoms with van der Waals surface area (Å²) in [5.74, 6) is -3.58. The molecule has 0 unspecified atom stereocenters. The predicted octanol–water partition coefficient (Wildman–Crippen LogP) is 8.51. The van der Waals surface area contributed by atoms with Crippen LogP contribution in [0.3, 0.4) is 0 Å². The zero-order valence-corrected chi connectivity index (χ0v) is 43.8. The van der Waals surface area contributed by atoms with E-state index in [-0.39, 0.29) is 32.0 Å². The minimum atomic E-state index is -1.74. The monoisotopic (exact) mass is 1000 g/mol. The molecule has 5 rings (SSSR count). The van der Waals surface area contributed by atoms with E-state index in [1.807, 2.05) is 60.7 Å². The Hall–Kier alpha value is -5.49. The summed E-state index contributed by atoms with van der Waals surface area (Å²) >= 11 is 0. The third-order valence-electron chi connectivity index (χ3n) is 11.3. The Kier molecular flexibility index (Phi) is 19.9. The van der Waals surface area contributed by atoms with Crippen LogP contribution >= 0.6 is 0 Å². The summed E-state index contributed by atoms with van der Waals surface area (Å²) < 4.78 is 70.9. The van der Waals surface area contributed by atoms with E-state index >= 15 is 0 Å². The van der Waals surface area contributed by atoms with Gasteiger partial charge in [0.25, 0.3) is 0 Å². The van der Waals surface area contributed by atoms with Crippen LogP contribution in [-0.4, -0.2) is 111 Å². The van der Waals surface area contributed by atoms with Crippen molar-refractivity contribution in [3.05, 3.63) is 120 Å².